The van der Waals surface area contributed by atoms with E-state index in [9.17, 15) is 19.0 Å². The van der Waals surface area contributed by atoms with Gasteiger partial charge in [0.2, 0.25) is 0 Å². The number of ether oxygens (including phenoxy) is 2. The normalized spacial score (nSPS) is 14.0. The minimum atomic E-state index is -4.37. The molecule has 0 aliphatic carbocycles. The lowest BCUT2D eigenvalue weighted by Crippen LogP contribution is -2.37. The van der Waals surface area contributed by atoms with Gasteiger partial charge in [-0.1, -0.05) is 122 Å². The van der Waals surface area contributed by atoms with E-state index in [1.165, 1.54) is 64.2 Å². The van der Waals surface area contributed by atoms with Gasteiger partial charge in [-0.25, -0.2) is 4.57 Å². The number of allylic oxidation sites excluding steroid dienone is 4. The van der Waals surface area contributed by atoms with Crippen molar-refractivity contribution in [1.29, 1.82) is 0 Å². The Bertz CT molecular complexity index is 918. The monoisotopic (exact) mass is 731 g/mol. The van der Waals surface area contributed by atoms with Crippen LogP contribution < -0.4 is 0 Å². The van der Waals surface area contributed by atoms with Gasteiger partial charge < -0.3 is 18.9 Å². The average Bonchev–Trinajstić information content (AvgIpc) is 3.06. The molecule has 0 aromatic heterocycles. The molecule has 9 nitrogen and oxygen atoms in total. The van der Waals surface area contributed by atoms with Crippen LogP contribution in [-0.4, -0.2) is 74.9 Å². The standard InChI is InChI=1S/C40H76NO8P/c1-6-8-10-12-14-16-18-19-20-21-23-24-26-28-30-32-39(42)46-36-38(37-48-50(44,45)47-35-34-41(3,4)5)49-40(43)33-31-29-27-25-22-17-15-13-11-9-7-2/h13,15,21,23,38H,6-12,14,16-20,22,24-37H2,1-5H3/p+1/b15-13+,23-21+/t38-/m1/s1. The first-order chi connectivity index (χ1) is 24.0. The number of phosphoric acid groups is 1. The molecule has 294 valence electrons. The summed E-state index contributed by atoms with van der Waals surface area (Å²) in [6.45, 7) is 4.34. The number of hydrogen-bond donors (Lipinski definition) is 1. The molecule has 0 fully saturated rings. The number of phosphoric ester groups is 1. The zero-order chi connectivity index (χ0) is 37.2. The summed E-state index contributed by atoms with van der Waals surface area (Å²) >= 11 is 0. The van der Waals surface area contributed by atoms with E-state index in [2.05, 4.69) is 38.2 Å². The number of quaternary nitrogens is 1. The molecular weight excluding hydrogens is 653 g/mol. The number of unbranched alkanes of at least 4 members (excludes halogenated alkanes) is 18. The fraction of sp³-hybridized carbons (Fsp3) is 0.850. The van der Waals surface area contributed by atoms with E-state index in [4.69, 9.17) is 18.5 Å². The predicted molar refractivity (Wildman–Crippen MR) is 206 cm³/mol. The molecule has 0 heterocycles. The van der Waals surface area contributed by atoms with Crippen molar-refractivity contribution >= 4 is 19.8 Å². The van der Waals surface area contributed by atoms with Crippen LogP contribution in [0.2, 0.25) is 0 Å². The van der Waals surface area contributed by atoms with E-state index >= 15 is 0 Å². The molecule has 0 bridgehead atoms. The lowest BCUT2D eigenvalue weighted by Gasteiger charge is -2.24. The summed E-state index contributed by atoms with van der Waals surface area (Å²) in [7, 11) is 1.46. The van der Waals surface area contributed by atoms with Crippen LogP contribution in [0.1, 0.15) is 168 Å². The van der Waals surface area contributed by atoms with E-state index in [-0.39, 0.29) is 32.0 Å². The molecule has 0 saturated heterocycles. The van der Waals surface area contributed by atoms with Crippen LogP contribution in [0.15, 0.2) is 24.3 Å². The molecule has 1 unspecified atom stereocenters. The number of likely N-dealkylation sites (N-methyl/N-ethyl adjacent to an activating group) is 1. The number of carbonyl (C=O) groups excluding carboxylic acids is 2. The topological polar surface area (TPSA) is 108 Å². The first-order valence-corrected chi connectivity index (χ1v) is 21.6. The van der Waals surface area contributed by atoms with Crippen LogP contribution in [0.25, 0.3) is 0 Å². The molecular formula is C40H77NO8P+. The molecule has 0 aromatic rings. The number of hydrogen-bond acceptors (Lipinski definition) is 7. The molecule has 1 N–H and O–H groups in total. The minimum Gasteiger partial charge on any atom is -0.462 e. The Labute approximate surface area is 307 Å². The third-order valence-electron chi connectivity index (χ3n) is 8.45. The first kappa shape index (κ1) is 48.5. The highest BCUT2D eigenvalue weighted by molar-refractivity contribution is 7.47. The van der Waals surface area contributed by atoms with Gasteiger partial charge in [0.1, 0.15) is 19.8 Å². The van der Waals surface area contributed by atoms with Gasteiger partial charge in [0.25, 0.3) is 0 Å². The number of rotatable bonds is 36. The van der Waals surface area contributed by atoms with Crippen molar-refractivity contribution in [2.45, 2.75) is 174 Å². The lowest BCUT2D eigenvalue weighted by molar-refractivity contribution is -0.870. The number of carbonyl (C=O) groups is 2. The first-order valence-electron chi connectivity index (χ1n) is 20.1. The molecule has 0 radical (unpaired) electrons. The Morgan fingerprint density at radius 1 is 0.600 bits per heavy atom. The van der Waals surface area contributed by atoms with Gasteiger partial charge >= 0.3 is 19.8 Å². The van der Waals surface area contributed by atoms with E-state index < -0.39 is 26.5 Å². The van der Waals surface area contributed by atoms with Gasteiger partial charge in [0, 0.05) is 12.8 Å². The quantitative estimate of drug-likeness (QED) is 0.0223. The van der Waals surface area contributed by atoms with Crippen molar-refractivity contribution in [3.05, 3.63) is 24.3 Å². The summed E-state index contributed by atoms with van der Waals surface area (Å²) in [6.07, 6.45) is 33.7. The van der Waals surface area contributed by atoms with Crippen molar-refractivity contribution < 1.29 is 42.1 Å². The molecule has 0 aromatic carbocycles. The second-order valence-electron chi connectivity index (χ2n) is 14.7. The van der Waals surface area contributed by atoms with Crippen LogP contribution >= 0.6 is 7.82 Å². The van der Waals surface area contributed by atoms with Crippen molar-refractivity contribution in [3.63, 3.8) is 0 Å². The maximum absolute atomic E-state index is 12.6. The Hall–Kier alpha value is -1.51. The van der Waals surface area contributed by atoms with Gasteiger partial charge in [-0.2, -0.15) is 0 Å². The molecule has 2 atom stereocenters. The highest BCUT2D eigenvalue weighted by Gasteiger charge is 2.27. The van der Waals surface area contributed by atoms with Crippen LogP contribution in [0.4, 0.5) is 0 Å². The van der Waals surface area contributed by atoms with Crippen molar-refractivity contribution in [1.82, 2.24) is 0 Å². The SMILES string of the molecule is CCCC/C=C/CCCCCCCC(=O)O[C@H](COC(=O)CCCCC/C=C/CCCCCCCCCC)COP(=O)(O)OCC[N+](C)(C)C. The Morgan fingerprint density at radius 3 is 1.56 bits per heavy atom. The fourth-order valence-electron chi connectivity index (χ4n) is 5.22. The Balaban J connectivity index is 4.42. The van der Waals surface area contributed by atoms with Gasteiger partial charge in [-0.3, -0.25) is 18.6 Å². The Kier molecular flexibility index (Phi) is 32.3. The van der Waals surface area contributed by atoms with Crippen LogP contribution in [0.3, 0.4) is 0 Å². The number of esters is 2. The molecule has 0 aliphatic rings. The zero-order valence-electron chi connectivity index (χ0n) is 32.9. The predicted octanol–water partition coefficient (Wildman–Crippen LogP) is 10.8. The van der Waals surface area contributed by atoms with Crippen molar-refractivity contribution in [3.8, 4) is 0 Å². The van der Waals surface area contributed by atoms with E-state index in [0.29, 0.717) is 23.9 Å². The second kappa shape index (κ2) is 33.3. The van der Waals surface area contributed by atoms with E-state index in [1.807, 2.05) is 21.1 Å². The molecule has 0 amide bonds. The smallest absolute Gasteiger partial charge is 0.462 e. The molecule has 0 aliphatic heterocycles. The minimum absolute atomic E-state index is 0.0287. The van der Waals surface area contributed by atoms with Crippen molar-refractivity contribution in [2.24, 2.45) is 0 Å². The van der Waals surface area contributed by atoms with E-state index in [1.54, 1.807) is 0 Å². The van der Waals surface area contributed by atoms with Crippen LogP contribution in [0.5, 0.6) is 0 Å². The van der Waals surface area contributed by atoms with E-state index in [0.717, 1.165) is 64.2 Å². The highest BCUT2D eigenvalue weighted by atomic mass is 31.2. The van der Waals surface area contributed by atoms with Crippen LogP contribution in [0, 0.1) is 0 Å². The summed E-state index contributed by atoms with van der Waals surface area (Å²) in [5.74, 6) is -0.828. The van der Waals surface area contributed by atoms with Gasteiger partial charge in [0.15, 0.2) is 6.10 Å². The van der Waals surface area contributed by atoms with Crippen molar-refractivity contribution in [2.75, 3.05) is 47.5 Å². The maximum atomic E-state index is 12.6. The largest absolute Gasteiger partial charge is 0.472 e. The maximum Gasteiger partial charge on any atom is 0.472 e. The molecule has 50 heavy (non-hydrogen) atoms. The lowest BCUT2D eigenvalue weighted by atomic mass is 10.1. The van der Waals surface area contributed by atoms with Gasteiger partial charge in [-0.05, 0) is 57.8 Å². The molecule has 0 saturated carbocycles. The summed E-state index contributed by atoms with van der Waals surface area (Å²) in [6, 6.07) is 0. The summed E-state index contributed by atoms with van der Waals surface area (Å²) in [5, 5.41) is 0. The molecule has 10 heteroatoms. The summed E-state index contributed by atoms with van der Waals surface area (Å²) < 4.78 is 34.1. The zero-order valence-corrected chi connectivity index (χ0v) is 33.8. The molecule has 0 rings (SSSR count). The molecule has 0 spiro atoms. The third kappa shape index (κ3) is 36.3. The summed E-state index contributed by atoms with van der Waals surface area (Å²) in [4.78, 5) is 35.2. The average molecular weight is 731 g/mol. The van der Waals surface area contributed by atoms with Gasteiger partial charge in [-0.15, -0.1) is 0 Å². The Morgan fingerprint density at radius 2 is 1.04 bits per heavy atom. The second-order valence-corrected chi connectivity index (χ2v) is 16.1. The van der Waals surface area contributed by atoms with Gasteiger partial charge in [0.05, 0.1) is 27.7 Å². The fourth-order valence-corrected chi connectivity index (χ4v) is 5.96. The number of nitrogens with zero attached hydrogens (tertiary/aromatic N) is 1. The summed E-state index contributed by atoms with van der Waals surface area (Å²) in [5.41, 5.74) is 0. The highest BCUT2D eigenvalue weighted by Crippen LogP contribution is 2.43. The third-order valence-corrected chi connectivity index (χ3v) is 9.44. The van der Waals surface area contributed by atoms with Crippen LogP contribution in [-0.2, 0) is 32.7 Å².